The monoisotopic (exact) mass is 518 g/mol. The van der Waals surface area contributed by atoms with Crippen LogP contribution in [0.3, 0.4) is 0 Å². The smallest absolute Gasteiger partial charge is 0.128 e. The first-order valence-electron chi connectivity index (χ1n) is 8.34. The maximum absolute atomic E-state index is 2.53. The van der Waals surface area contributed by atoms with E-state index < -0.39 is 0 Å². The lowest BCUT2D eigenvalue weighted by Gasteiger charge is -2.37. The predicted molar refractivity (Wildman–Crippen MR) is 80.6 cm³/mol. The van der Waals surface area contributed by atoms with Crippen LogP contribution >= 0.6 is 0 Å². The molecule has 4 unspecified atom stereocenters. The zero-order valence-electron chi connectivity index (χ0n) is 14.1. The second-order valence-electron chi connectivity index (χ2n) is 7.96. The van der Waals surface area contributed by atoms with Crippen LogP contribution in [0.1, 0.15) is 20.3 Å². The molecule has 2 aliphatic carbocycles. The van der Waals surface area contributed by atoms with Gasteiger partial charge in [-0.05, 0) is 32.1 Å². The van der Waals surface area contributed by atoms with E-state index in [1.807, 2.05) is 0 Å². The highest BCUT2D eigenvalue weighted by atomic mass is 127. The Labute approximate surface area is 165 Å². The summed E-state index contributed by atoms with van der Waals surface area (Å²) in [6.07, 6.45) is 6.53. The van der Waals surface area contributed by atoms with Crippen molar-refractivity contribution in [1.29, 1.82) is 0 Å². The Kier molecular flexibility index (Phi) is 7.05. The zero-order valence-corrected chi connectivity index (χ0v) is 18.4. The van der Waals surface area contributed by atoms with Crippen LogP contribution in [0, 0.1) is 23.7 Å². The number of hydrogen-bond acceptors (Lipinski definition) is 0. The van der Waals surface area contributed by atoms with Gasteiger partial charge >= 0.3 is 0 Å². The molecule has 1 heterocycles. The standard InChI is InChI=1S/C17H32N2.2HI/c1-5-18(3,6-2)9-10-19(4)12-16-14-7-8-15(11-14)17(16)13-19;;/h7-8,14-17H,5-6,9-13H2,1-4H3;2*1H/q+2;;/p-2. The van der Waals surface area contributed by atoms with E-state index in [1.54, 1.807) is 0 Å². The van der Waals surface area contributed by atoms with Crippen LogP contribution in [-0.4, -0.2) is 62.3 Å². The first-order valence-corrected chi connectivity index (χ1v) is 8.34. The summed E-state index contributed by atoms with van der Waals surface area (Å²) in [5.41, 5.74) is 0. The lowest BCUT2D eigenvalue weighted by atomic mass is 9.86. The summed E-state index contributed by atoms with van der Waals surface area (Å²) in [6, 6.07) is 0. The van der Waals surface area contributed by atoms with Crippen LogP contribution in [0.5, 0.6) is 0 Å². The first kappa shape index (κ1) is 20.2. The van der Waals surface area contributed by atoms with Gasteiger partial charge in [0.2, 0.25) is 0 Å². The Morgan fingerprint density at radius 3 is 1.90 bits per heavy atom. The van der Waals surface area contributed by atoms with Gasteiger partial charge in [-0.2, -0.15) is 0 Å². The number of likely N-dealkylation sites (N-methyl/N-ethyl adjacent to an activating group) is 2. The Morgan fingerprint density at radius 1 is 1.00 bits per heavy atom. The Hall–Kier alpha value is 1.12. The number of quaternary nitrogens is 2. The van der Waals surface area contributed by atoms with E-state index in [1.165, 1.54) is 54.7 Å². The second-order valence-corrected chi connectivity index (χ2v) is 7.96. The van der Waals surface area contributed by atoms with E-state index in [0.717, 1.165) is 23.7 Å². The van der Waals surface area contributed by atoms with Crippen LogP contribution in [0.25, 0.3) is 0 Å². The molecule has 3 aliphatic rings. The molecule has 1 saturated heterocycles. The van der Waals surface area contributed by atoms with Crippen LogP contribution in [0.15, 0.2) is 12.2 Å². The van der Waals surface area contributed by atoms with E-state index in [4.69, 9.17) is 0 Å². The zero-order chi connectivity index (χ0) is 13.7. The van der Waals surface area contributed by atoms with Crippen LogP contribution in [0.2, 0.25) is 0 Å². The quantitative estimate of drug-likeness (QED) is 0.201. The largest absolute Gasteiger partial charge is 1.00 e. The molecule has 2 nitrogen and oxygen atoms in total. The summed E-state index contributed by atoms with van der Waals surface area (Å²) in [4.78, 5) is 0. The lowest BCUT2D eigenvalue weighted by molar-refractivity contribution is -0.958. The van der Waals surface area contributed by atoms with Crippen molar-refractivity contribution >= 4 is 0 Å². The van der Waals surface area contributed by atoms with Gasteiger partial charge in [0.1, 0.15) is 13.1 Å². The molecule has 0 spiro atoms. The molecule has 3 rings (SSSR count). The third-order valence-electron chi connectivity index (χ3n) is 6.81. The van der Waals surface area contributed by atoms with E-state index in [9.17, 15) is 0 Å². The Balaban J connectivity index is 0.00000110. The molecule has 2 fully saturated rings. The van der Waals surface area contributed by atoms with Crippen molar-refractivity contribution in [3.05, 3.63) is 12.2 Å². The van der Waals surface area contributed by atoms with Crippen LogP contribution in [-0.2, 0) is 0 Å². The van der Waals surface area contributed by atoms with Crippen molar-refractivity contribution in [2.24, 2.45) is 23.7 Å². The first-order chi connectivity index (χ1) is 8.99. The van der Waals surface area contributed by atoms with E-state index in [2.05, 4.69) is 40.1 Å². The summed E-state index contributed by atoms with van der Waals surface area (Å²) in [7, 11) is 4.95. The molecule has 0 amide bonds. The number of likely N-dealkylation sites (tertiary alicyclic amines) is 1. The van der Waals surface area contributed by atoms with Crippen molar-refractivity contribution in [3.8, 4) is 0 Å². The normalized spacial score (nSPS) is 39.8. The van der Waals surface area contributed by atoms with Crippen LogP contribution in [0.4, 0.5) is 0 Å². The molecule has 124 valence electrons. The molecule has 1 aliphatic heterocycles. The van der Waals surface area contributed by atoms with Gasteiger partial charge in [-0.15, -0.1) is 0 Å². The third kappa shape index (κ3) is 3.79. The molecule has 0 aromatic heterocycles. The number of halogens is 2. The Morgan fingerprint density at radius 2 is 1.48 bits per heavy atom. The average Bonchev–Trinajstić information content (AvgIpc) is 3.07. The fourth-order valence-corrected chi connectivity index (χ4v) is 4.87. The number of hydrogen-bond donors (Lipinski definition) is 0. The van der Waals surface area contributed by atoms with Crippen molar-refractivity contribution in [2.75, 3.05) is 53.4 Å². The van der Waals surface area contributed by atoms with Crippen molar-refractivity contribution in [3.63, 3.8) is 0 Å². The molecule has 0 aromatic carbocycles. The minimum atomic E-state index is 0. The SMILES string of the molecule is CC[N+](C)(CC)CC[N+]1(C)CC2C3C=CC(C3)C2C1.[I-].[I-]. The number of fused-ring (bicyclic) bond motifs is 5. The summed E-state index contributed by atoms with van der Waals surface area (Å²) in [6.45, 7) is 12.9. The average molecular weight is 518 g/mol. The van der Waals surface area contributed by atoms with E-state index in [-0.39, 0.29) is 48.0 Å². The maximum atomic E-state index is 2.53. The minimum Gasteiger partial charge on any atom is -1.00 e. The van der Waals surface area contributed by atoms with Crippen LogP contribution < -0.4 is 48.0 Å². The highest BCUT2D eigenvalue weighted by molar-refractivity contribution is 5.14. The summed E-state index contributed by atoms with van der Waals surface area (Å²) < 4.78 is 2.59. The maximum Gasteiger partial charge on any atom is 0.128 e. The lowest BCUT2D eigenvalue weighted by Crippen LogP contribution is -3.00. The fraction of sp³-hybridized carbons (Fsp3) is 0.882. The van der Waals surface area contributed by atoms with Gasteiger partial charge < -0.3 is 56.9 Å². The van der Waals surface area contributed by atoms with Gasteiger partial charge in [-0.1, -0.05) is 12.2 Å². The molecular weight excluding hydrogens is 486 g/mol. The molecular formula is C17H32I2N2. The van der Waals surface area contributed by atoms with Crippen molar-refractivity contribution in [2.45, 2.75) is 20.3 Å². The number of allylic oxidation sites excluding steroid dienone is 2. The number of nitrogens with zero attached hydrogens (tertiary/aromatic N) is 2. The summed E-state index contributed by atoms with van der Waals surface area (Å²) in [5.74, 6) is 3.91. The van der Waals surface area contributed by atoms with Gasteiger partial charge in [0.25, 0.3) is 0 Å². The Bertz CT molecular complexity index is 359. The van der Waals surface area contributed by atoms with Crippen molar-refractivity contribution < 1.29 is 56.9 Å². The van der Waals surface area contributed by atoms with Crippen molar-refractivity contribution in [1.82, 2.24) is 0 Å². The molecule has 1 saturated carbocycles. The molecule has 2 bridgehead atoms. The highest BCUT2D eigenvalue weighted by Crippen LogP contribution is 2.52. The molecule has 0 radical (unpaired) electrons. The minimum absolute atomic E-state index is 0. The van der Waals surface area contributed by atoms with E-state index in [0.29, 0.717) is 0 Å². The van der Waals surface area contributed by atoms with Gasteiger partial charge in [0.05, 0.1) is 40.3 Å². The predicted octanol–water partition coefficient (Wildman–Crippen LogP) is -3.62. The van der Waals surface area contributed by atoms with E-state index >= 15 is 0 Å². The summed E-state index contributed by atoms with van der Waals surface area (Å²) >= 11 is 0. The van der Waals surface area contributed by atoms with Gasteiger partial charge in [0.15, 0.2) is 0 Å². The summed E-state index contributed by atoms with van der Waals surface area (Å²) in [5, 5.41) is 0. The van der Waals surface area contributed by atoms with Gasteiger partial charge in [-0.3, -0.25) is 0 Å². The van der Waals surface area contributed by atoms with Gasteiger partial charge in [-0.25, -0.2) is 0 Å². The number of rotatable bonds is 5. The molecule has 4 atom stereocenters. The molecule has 21 heavy (non-hydrogen) atoms. The molecule has 4 heteroatoms. The molecule has 0 aromatic rings. The fourth-order valence-electron chi connectivity index (χ4n) is 4.87. The van der Waals surface area contributed by atoms with Gasteiger partial charge in [0, 0.05) is 11.8 Å². The third-order valence-corrected chi connectivity index (χ3v) is 6.81. The molecule has 0 N–H and O–H groups in total. The highest BCUT2D eigenvalue weighted by Gasteiger charge is 2.54. The second kappa shape index (κ2) is 7.34. The topological polar surface area (TPSA) is 0 Å².